The molecule has 2 atom stereocenters. The van der Waals surface area contributed by atoms with Gasteiger partial charge >= 0.3 is 0 Å². The standard InChI is InChI=1S/C30H53N3/c1-26(2,3)18-22(27(4,5)6)25(29(10,11)12)33(30(13,14)15)21-19-31-24-17-16-23(28(7,8)9)32(24)20-21/h16-17,19-20,22,25H,18H2,1-15H3. The van der Waals surface area contributed by atoms with E-state index in [2.05, 4.69) is 138 Å². The first-order valence-electron chi connectivity index (χ1n) is 12.8. The average molecular weight is 456 g/mol. The van der Waals surface area contributed by atoms with E-state index in [-0.39, 0.29) is 27.2 Å². The van der Waals surface area contributed by atoms with Crippen molar-refractivity contribution in [1.82, 2.24) is 9.38 Å². The van der Waals surface area contributed by atoms with Crippen LogP contribution in [-0.2, 0) is 5.41 Å². The van der Waals surface area contributed by atoms with E-state index >= 15 is 0 Å². The summed E-state index contributed by atoms with van der Waals surface area (Å²) in [4.78, 5) is 7.62. The number of anilines is 1. The predicted molar refractivity (Wildman–Crippen MR) is 146 cm³/mol. The second-order valence-corrected chi connectivity index (χ2v) is 15.6. The van der Waals surface area contributed by atoms with Crippen LogP contribution in [-0.4, -0.2) is 21.0 Å². The number of nitrogens with zero attached hydrogens (tertiary/aromatic N) is 3. The molecule has 0 aliphatic carbocycles. The number of fused-ring (bicyclic) bond motifs is 1. The molecule has 0 spiro atoms. The predicted octanol–water partition coefficient (Wildman–Crippen LogP) is 8.75. The summed E-state index contributed by atoms with van der Waals surface area (Å²) in [6, 6.07) is 4.72. The van der Waals surface area contributed by atoms with Gasteiger partial charge in [-0.15, -0.1) is 0 Å². The normalized spacial score (nSPS) is 16.2. The molecule has 0 aliphatic heterocycles. The Labute approximate surface area is 205 Å². The van der Waals surface area contributed by atoms with Gasteiger partial charge in [-0.2, -0.15) is 0 Å². The summed E-state index contributed by atoms with van der Waals surface area (Å²) >= 11 is 0. The summed E-state index contributed by atoms with van der Waals surface area (Å²) in [6.45, 7) is 35.6. The summed E-state index contributed by atoms with van der Waals surface area (Å²) in [6.07, 6.45) is 5.61. The highest BCUT2D eigenvalue weighted by Gasteiger charge is 2.46. The summed E-state index contributed by atoms with van der Waals surface area (Å²) in [7, 11) is 0. The van der Waals surface area contributed by atoms with Crippen molar-refractivity contribution in [2.75, 3.05) is 4.90 Å². The third kappa shape index (κ3) is 6.55. The highest BCUT2D eigenvalue weighted by Crippen LogP contribution is 2.48. The maximum atomic E-state index is 4.93. The van der Waals surface area contributed by atoms with E-state index in [4.69, 9.17) is 4.98 Å². The number of aromatic nitrogens is 2. The van der Waals surface area contributed by atoms with Crippen LogP contribution in [0.5, 0.6) is 0 Å². The van der Waals surface area contributed by atoms with Crippen LogP contribution < -0.4 is 4.90 Å². The zero-order valence-corrected chi connectivity index (χ0v) is 24.5. The largest absolute Gasteiger partial charge is 0.360 e. The van der Waals surface area contributed by atoms with Crippen molar-refractivity contribution in [2.24, 2.45) is 22.2 Å². The lowest BCUT2D eigenvalue weighted by Gasteiger charge is -2.55. The number of hydrogen-bond acceptors (Lipinski definition) is 2. The van der Waals surface area contributed by atoms with Crippen molar-refractivity contribution in [2.45, 2.75) is 127 Å². The van der Waals surface area contributed by atoms with Gasteiger partial charge in [-0.05, 0) is 61.5 Å². The SMILES string of the molecule is CC(C)(C)CC(C(N(c1cnc2ccc(C(C)(C)C)n2c1)C(C)(C)C)C(C)(C)C)C(C)(C)C. The van der Waals surface area contributed by atoms with Crippen molar-refractivity contribution >= 4 is 11.3 Å². The molecule has 0 N–H and O–H groups in total. The van der Waals surface area contributed by atoms with E-state index < -0.39 is 0 Å². The molecule has 188 valence electrons. The minimum Gasteiger partial charge on any atom is -0.360 e. The smallest absolute Gasteiger partial charge is 0.136 e. The second kappa shape index (κ2) is 8.61. The maximum absolute atomic E-state index is 4.93. The minimum absolute atomic E-state index is 0.0518. The number of hydrogen-bond donors (Lipinski definition) is 0. The average Bonchev–Trinajstić information content (AvgIpc) is 2.97. The lowest BCUT2D eigenvalue weighted by Crippen LogP contribution is -2.59. The van der Waals surface area contributed by atoms with E-state index in [1.165, 1.54) is 17.8 Å². The van der Waals surface area contributed by atoms with Crippen LogP contribution in [0.2, 0.25) is 0 Å². The van der Waals surface area contributed by atoms with Crippen molar-refractivity contribution < 1.29 is 0 Å². The topological polar surface area (TPSA) is 20.5 Å². The third-order valence-corrected chi connectivity index (χ3v) is 6.75. The van der Waals surface area contributed by atoms with Crippen molar-refractivity contribution in [1.29, 1.82) is 0 Å². The Hall–Kier alpha value is -1.51. The molecule has 3 heteroatoms. The van der Waals surface area contributed by atoms with Crippen LogP contribution in [0.1, 0.15) is 116 Å². The molecule has 0 bridgehead atoms. The van der Waals surface area contributed by atoms with Crippen LogP contribution in [0.3, 0.4) is 0 Å². The lowest BCUT2D eigenvalue weighted by molar-refractivity contribution is 0.0725. The molecular weight excluding hydrogens is 402 g/mol. The summed E-state index contributed by atoms with van der Waals surface area (Å²) in [5.41, 5.74) is 4.06. The van der Waals surface area contributed by atoms with E-state index in [0.717, 1.165) is 5.65 Å². The van der Waals surface area contributed by atoms with Gasteiger partial charge in [-0.3, -0.25) is 0 Å². The molecule has 0 radical (unpaired) electrons. The van der Waals surface area contributed by atoms with Gasteiger partial charge in [-0.25, -0.2) is 4.98 Å². The molecule has 2 unspecified atom stereocenters. The monoisotopic (exact) mass is 455 g/mol. The van der Waals surface area contributed by atoms with Gasteiger partial charge in [0.2, 0.25) is 0 Å². The summed E-state index contributed by atoms with van der Waals surface area (Å²) < 4.78 is 2.31. The maximum Gasteiger partial charge on any atom is 0.136 e. The quantitative estimate of drug-likeness (QED) is 0.459. The molecule has 0 fully saturated rings. The first kappa shape index (κ1) is 27.7. The minimum atomic E-state index is -0.0518. The van der Waals surface area contributed by atoms with Crippen LogP contribution in [0.15, 0.2) is 24.5 Å². The highest BCUT2D eigenvalue weighted by atomic mass is 15.2. The van der Waals surface area contributed by atoms with Crippen molar-refractivity contribution in [3.8, 4) is 0 Å². The Morgan fingerprint density at radius 1 is 0.788 bits per heavy atom. The molecule has 33 heavy (non-hydrogen) atoms. The molecule has 0 aromatic carbocycles. The van der Waals surface area contributed by atoms with E-state index in [0.29, 0.717) is 12.0 Å². The molecule has 2 heterocycles. The Morgan fingerprint density at radius 2 is 1.33 bits per heavy atom. The molecular formula is C30H53N3. The van der Waals surface area contributed by atoms with Gasteiger partial charge in [0, 0.05) is 28.9 Å². The first-order valence-corrected chi connectivity index (χ1v) is 12.8. The fourth-order valence-electron chi connectivity index (χ4n) is 5.40. The lowest BCUT2D eigenvalue weighted by atomic mass is 9.62. The molecule has 0 saturated carbocycles. The first-order chi connectivity index (χ1) is 14.5. The van der Waals surface area contributed by atoms with Crippen molar-refractivity contribution in [3.05, 3.63) is 30.2 Å². The van der Waals surface area contributed by atoms with Gasteiger partial charge in [-0.1, -0.05) is 83.1 Å². The molecule has 2 aromatic heterocycles. The Kier molecular flexibility index (Phi) is 7.24. The van der Waals surface area contributed by atoms with Gasteiger partial charge in [0.25, 0.3) is 0 Å². The zero-order chi connectivity index (χ0) is 25.8. The number of rotatable bonds is 4. The third-order valence-electron chi connectivity index (χ3n) is 6.75. The van der Waals surface area contributed by atoms with Crippen LogP contribution >= 0.6 is 0 Å². The Balaban J connectivity index is 2.82. The molecule has 2 aromatic rings. The van der Waals surface area contributed by atoms with Crippen LogP contribution in [0.25, 0.3) is 5.65 Å². The molecule has 0 aliphatic rings. The van der Waals surface area contributed by atoms with Crippen molar-refractivity contribution in [3.63, 3.8) is 0 Å². The fraction of sp³-hybridized carbons (Fsp3) is 0.767. The molecule has 2 rings (SSSR count). The van der Waals surface area contributed by atoms with E-state index in [1.807, 2.05) is 0 Å². The summed E-state index contributed by atoms with van der Waals surface area (Å²) in [5.74, 6) is 0.513. The molecule has 0 amide bonds. The summed E-state index contributed by atoms with van der Waals surface area (Å²) in [5, 5.41) is 0. The van der Waals surface area contributed by atoms with Gasteiger partial charge < -0.3 is 9.30 Å². The van der Waals surface area contributed by atoms with Crippen LogP contribution in [0, 0.1) is 22.2 Å². The Bertz CT molecular complexity index is 931. The fourth-order valence-corrected chi connectivity index (χ4v) is 5.40. The van der Waals surface area contributed by atoms with E-state index in [1.54, 1.807) is 0 Å². The highest BCUT2D eigenvalue weighted by molar-refractivity contribution is 5.54. The van der Waals surface area contributed by atoms with Gasteiger partial charge in [0.05, 0.1) is 11.9 Å². The van der Waals surface area contributed by atoms with Gasteiger partial charge in [0.15, 0.2) is 0 Å². The molecule has 0 saturated heterocycles. The van der Waals surface area contributed by atoms with Crippen LogP contribution in [0.4, 0.5) is 5.69 Å². The zero-order valence-electron chi connectivity index (χ0n) is 24.5. The van der Waals surface area contributed by atoms with E-state index in [9.17, 15) is 0 Å². The Morgan fingerprint density at radius 3 is 1.73 bits per heavy atom. The second-order valence-electron chi connectivity index (χ2n) is 15.6. The van der Waals surface area contributed by atoms with Gasteiger partial charge in [0.1, 0.15) is 5.65 Å². The molecule has 3 nitrogen and oxygen atoms in total.